The number of hydrogen-bond donors (Lipinski definition) is 2. The molecule has 3 N–H and O–H groups in total. The van der Waals surface area contributed by atoms with E-state index in [9.17, 15) is 13.6 Å². The first-order valence-corrected chi connectivity index (χ1v) is 5.67. The van der Waals surface area contributed by atoms with Crippen LogP contribution in [0.4, 0.5) is 20.2 Å². The smallest absolute Gasteiger partial charge is 0.261 e. The summed E-state index contributed by atoms with van der Waals surface area (Å²) in [5.74, 6) is -2.75. The van der Waals surface area contributed by atoms with Gasteiger partial charge in [0.1, 0.15) is 17.2 Å². The van der Waals surface area contributed by atoms with Gasteiger partial charge in [-0.2, -0.15) is 0 Å². The molecule has 0 aliphatic carbocycles. The number of nitrogens with two attached hydrogens (primary N) is 1. The van der Waals surface area contributed by atoms with Crippen molar-refractivity contribution in [2.75, 3.05) is 11.1 Å². The van der Waals surface area contributed by atoms with Crippen molar-refractivity contribution in [3.8, 4) is 0 Å². The largest absolute Gasteiger partial charge is 0.397 e. The average molecular weight is 283 g/mol. The third kappa shape index (κ3) is 2.82. The van der Waals surface area contributed by atoms with Crippen molar-refractivity contribution in [2.24, 2.45) is 0 Å². The fraction of sp³-hybridized carbons (Fsp3) is 0. The topological polar surface area (TPSA) is 55.1 Å². The summed E-state index contributed by atoms with van der Waals surface area (Å²) in [5, 5.41) is 2.68. The molecule has 3 nitrogen and oxygen atoms in total. The van der Waals surface area contributed by atoms with E-state index in [1.807, 2.05) is 0 Å². The van der Waals surface area contributed by atoms with Gasteiger partial charge in [0.25, 0.3) is 5.91 Å². The van der Waals surface area contributed by atoms with E-state index in [2.05, 4.69) is 5.32 Å². The van der Waals surface area contributed by atoms with Crippen molar-refractivity contribution in [1.82, 2.24) is 0 Å². The summed E-state index contributed by atoms with van der Waals surface area (Å²) >= 11 is 5.73. The molecule has 2 rings (SSSR count). The van der Waals surface area contributed by atoms with E-state index in [4.69, 9.17) is 17.3 Å². The first kappa shape index (κ1) is 13.3. The van der Waals surface area contributed by atoms with Crippen LogP contribution in [0.15, 0.2) is 36.4 Å². The molecule has 0 saturated carbocycles. The van der Waals surface area contributed by atoms with Crippen LogP contribution >= 0.6 is 11.6 Å². The second kappa shape index (κ2) is 5.24. The molecule has 0 bridgehead atoms. The van der Waals surface area contributed by atoms with E-state index in [-0.39, 0.29) is 5.69 Å². The molecule has 2 aromatic rings. The van der Waals surface area contributed by atoms with Gasteiger partial charge in [-0.25, -0.2) is 8.78 Å². The van der Waals surface area contributed by atoms with Gasteiger partial charge < -0.3 is 11.1 Å². The summed E-state index contributed by atoms with van der Waals surface area (Å²) in [7, 11) is 0. The Labute approximate surface area is 113 Å². The molecule has 1 amide bonds. The molecule has 0 aliphatic rings. The molecule has 0 atom stereocenters. The van der Waals surface area contributed by atoms with Crippen LogP contribution in [0.25, 0.3) is 0 Å². The fourth-order valence-electron chi connectivity index (χ4n) is 1.53. The van der Waals surface area contributed by atoms with Gasteiger partial charge >= 0.3 is 0 Å². The molecule has 0 saturated heterocycles. The number of halogens is 3. The Hall–Kier alpha value is -2.14. The normalized spacial score (nSPS) is 10.3. The molecule has 0 aliphatic heterocycles. The first-order valence-electron chi connectivity index (χ1n) is 5.29. The van der Waals surface area contributed by atoms with Crippen LogP contribution in [-0.2, 0) is 0 Å². The molecule has 0 fully saturated rings. The van der Waals surface area contributed by atoms with Crippen LogP contribution in [0.5, 0.6) is 0 Å². The minimum atomic E-state index is -0.931. The van der Waals surface area contributed by atoms with Crippen molar-refractivity contribution in [1.29, 1.82) is 0 Å². The van der Waals surface area contributed by atoms with E-state index < -0.39 is 23.1 Å². The van der Waals surface area contributed by atoms with E-state index in [1.54, 1.807) is 0 Å². The number of rotatable bonds is 2. The lowest BCUT2D eigenvalue weighted by atomic mass is 10.1. The number of carbonyl (C=O) groups excluding carboxylic acids is 1. The molecular formula is C13H9ClF2N2O. The predicted octanol–water partition coefficient (Wildman–Crippen LogP) is 3.45. The number of benzene rings is 2. The second-order valence-electron chi connectivity index (χ2n) is 3.79. The first-order chi connectivity index (χ1) is 8.99. The molecule has 98 valence electrons. The van der Waals surface area contributed by atoms with Crippen molar-refractivity contribution < 1.29 is 13.6 Å². The molecule has 0 radical (unpaired) electrons. The zero-order chi connectivity index (χ0) is 14.0. The van der Waals surface area contributed by atoms with Gasteiger partial charge in [-0.15, -0.1) is 0 Å². The van der Waals surface area contributed by atoms with E-state index in [0.717, 1.165) is 12.1 Å². The number of amides is 1. The van der Waals surface area contributed by atoms with Crippen LogP contribution in [0.3, 0.4) is 0 Å². The maximum Gasteiger partial charge on any atom is 0.261 e. The highest BCUT2D eigenvalue weighted by Crippen LogP contribution is 2.23. The number of carbonyl (C=O) groups is 1. The van der Waals surface area contributed by atoms with Gasteiger partial charge in [-0.05, 0) is 30.3 Å². The summed E-state index contributed by atoms with van der Waals surface area (Å²) in [5.41, 5.74) is 5.48. The highest BCUT2D eigenvalue weighted by molar-refractivity contribution is 6.33. The molecule has 0 aromatic heterocycles. The minimum absolute atomic E-state index is 0.258. The zero-order valence-corrected chi connectivity index (χ0v) is 10.3. The Morgan fingerprint density at radius 3 is 2.37 bits per heavy atom. The van der Waals surface area contributed by atoms with E-state index in [0.29, 0.717) is 10.7 Å². The Morgan fingerprint density at radius 1 is 1.16 bits per heavy atom. The number of hydrogen-bond acceptors (Lipinski definition) is 2. The zero-order valence-electron chi connectivity index (χ0n) is 9.58. The standard InChI is InChI=1S/C13H9ClF2N2O/c14-8-5-4-7(6-11(8)17)18-13(19)12-9(15)2-1-3-10(12)16/h1-6H,17H2,(H,18,19). The molecule has 0 unspecified atom stereocenters. The summed E-state index contributed by atoms with van der Waals surface area (Å²) in [6.07, 6.45) is 0. The van der Waals surface area contributed by atoms with Crippen LogP contribution in [0.2, 0.25) is 5.02 Å². The molecule has 0 spiro atoms. The van der Waals surface area contributed by atoms with Gasteiger partial charge in [0.15, 0.2) is 0 Å². The third-order valence-corrected chi connectivity index (χ3v) is 2.79. The maximum absolute atomic E-state index is 13.4. The SMILES string of the molecule is Nc1cc(NC(=O)c2c(F)cccc2F)ccc1Cl. The average Bonchev–Trinajstić information content (AvgIpc) is 2.33. The quantitative estimate of drug-likeness (QED) is 0.829. The van der Waals surface area contributed by atoms with Gasteiger partial charge in [-0.3, -0.25) is 4.79 Å². The van der Waals surface area contributed by atoms with Crippen molar-refractivity contribution in [3.63, 3.8) is 0 Å². The molecule has 19 heavy (non-hydrogen) atoms. The van der Waals surface area contributed by atoms with Crippen LogP contribution in [-0.4, -0.2) is 5.91 Å². The lowest BCUT2D eigenvalue weighted by Crippen LogP contribution is -2.15. The van der Waals surface area contributed by atoms with Gasteiger partial charge in [0.2, 0.25) is 0 Å². The summed E-state index contributed by atoms with van der Waals surface area (Å²) in [6.45, 7) is 0. The van der Waals surface area contributed by atoms with Crippen molar-refractivity contribution in [2.45, 2.75) is 0 Å². The second-order valence-corrected chi connectivity index (χ2v) is 4.19. The Balaban J connectivity index is 2.28. The summed E-state index contributed by atoms with van der Waals surface area (Å²) < 4.78 is 26.8. The predicted molar refractivity (Wildman–Crippen MR) is 70.2 cm³/mol. The van der Waals surface area contributed by atoms with Crippen LogP contribution in [0.1, 0.15) is 10.4 Å². The lowest BCUT2D eigenvalue weighted by molar-refractivity contribution is 0.101. The van der Waals surface area contributed by atoms with Crippen LogP contribution in [0, 0.1) is 11.6 Å². The van der Waals surface area contributed by atoms with Gasteiger partial charge in [0.05, 0.1) is 10.7 Å². The van der Waals surface area contributed by atoms with Gasteiger partial charge in [-0.1, -0.05) is 17.7 Å². The number of nitrogens with one attached hydrogen (secondary N) is 1. The Kier molecular flexibility index (Phi) is 3.66. The molecule has 2 aromatic carbocycles. The molecule has 6 heteroatoms. The minimum Gasteiger partial charge on any atom is -0.397 e. The van der Waals surface area contributed by atoms with Crippen molar-refractivity contribution >= 4 is 28.9 Å². The van der Waals surface area contributed by atoms with Crippen LogP contribution < -0.4 is 11.1 Å². The number of nitrogen functional groups attached to an aromatic ring is 1. The molecule has 0 heterocycles. The van der Waals surface area contributed by atoms with Gasteiger partial charge in [0, 0.05) is 5.69 Å². The fourth-order valence-corrected chi connectivity index (χ4v) is 1.65. The highest BCUT2D eigenvalue weighted by atomic mass is 35.5. The Bertz CT molecular complexity index is 626. The maximum atomic E-state index is 13.4. The summed E-state index contributed by atoms with van der Waals surface area (Å²) in [4.78, 5) is 11.8. The monoisotopic (exact) mass is 282 g/mol. The highest BCUT2D eigenvalue weighted by Gasteiger charge is 2.17. The lowest BCUT2D eigenvalue weighted by Gasteiger charge is -2.08. The number of anilines is 2. The Morgan fingerprint density at radius 2 is 1.79 bits per heavy atom. The van der Waals surface area contributed by atoms with Crippen molar-refractivity contribution in [3.05, 3.63) is 58.6 Å². The third-order valence-electron chi connectivity index (χ3n) is 2.44. The van der Waals surface area contributed by atoms with E-state index in [1.165, 1.54) is 24.3 Å². The van der Waals surface area contributed by atoms with E-state index >= 15 is 0 Å². The molecular weight excluding hydrogens is 274 g/mol. The summed E-state index contributed by atoms with van der Waals surface area (Å²) in [6, 6.07) is 7.56.